The Bertz CT molecular complexity index is 604. The number of benzene rings is 1. The van der Waals surface area contributed by atoms with Crippen LogP contribution in [0.3, 0.4) is 0 Å². The maximum absolute atomic E-state index is 12.4. The third-order valence-corrected chi connectivity index (χ3v) is 6.64. The van der Waals surface area contributed by atoms with Crippen molar-refractivity contribution in [3.05, 3.63) is 34.3 Å². The molecular weight excluding hydrogens is 389 g/mol. The van der Waals surface area contributed by atoms with Crippen LogP contribution in [0.25, 0.3) is 0 Å². The zero-order valence-electron chi connectivity index (χ0n) is 15.0. The summed E-state index contributed by atoms with van der Waals surface area (Å²) >= 11 is 13.8. The number of hydrogen-bond acceptors (Lipinski definition) is 4. The second-order valence-corrected chi connectivity index (χ2v) is 9.08. The quantitative estimate of drug-likeness (QED) is 0.364. The van der Waals surface area contributed by atoms with Crippen molar-refractivity contribution in [1.29, 1.82) is 0 Å². The first kappa shape index (κ1) is 20.3. The summed E-state index contributed by atoms with van der Waals surface area (Å²) in [6.45, 7) is 5.13. The fourth-order valence-electron chi connectivity index (χ4n) is 3.18. The number of halogens is 2. The van der Waals surface area contributed by atoms with E-state index in [1.165, 1.54) is 12.8 Å². The summed E-state index contributed by atoms with van der Waals surface area (Å²) in [5.41, 5.74) is 1.45. The minimum atomic E-state index is -0.0670. The molecule has 0 atom stereocenters. The van der Waals surface area contributed by atoms with E-state index >= 15 is 0 Å². The van der Waals surface area contributed by atoms with Gasteiger partial charge in [0.05, 0.1) is 0 Å². The molecule has 7 heteroatoms. The van der Waals surface area contributed by atoms with Gasteiger partial charge in [0.15, 0.2) is 0 Å². The topological polar surface area (TPSA) is 44.4 Å². The molecule has 2 fully saturated rings. The fraction of sp³-hybridized carbons (Fsp3) is 0.632. The maximum atomic E-state index is 12.4. The number of likely N-dealkylation sites (tertiary alicyclic amines) is 1. The summed E-state index contributed by atoms with van der Waals surface area (Å²) in [6, 6.07) is 5.30. The zero-order valence-corrected chi connectivity index (χ0v) is 17.3. The van der Waals surface area contributed by atoms with Crippen LogP contribution in [0, 0.1) is 5.92 Å². The van der Waals surface area contributed by atoms with Crippen LogP contribution in [-0.4, -0.2) is 48.8 Å². The van der Waals surface area contributed by atoms with E-state index in [4.69, 9.17) is 23.2 Å². The molecule has 144 valence electrons. The van der Waals surface area contributed by atoms with Gasteiger partial charge in [-0.15, -0.1) is 11.6 Å². The van der Waals surface area contributed by atoms with Crippen molar-refractivity contribution >= 4 is 41.1 Å². The third kappa shape index (κ3) is 6.61. The van der Waals surface area contributed by atoms with Crippen molar-refractivity contribution in [3.63, 3.8) is 0 Å². The van der Waals surface area contributed by atoms with Crippen LogP contribution in [0.1, 0.15) is 41.6 Å². The van der Waals surface area contributed by atoms with Crippen molar-refractivity contribution in [3.8, 4) is 0 Å². The number of rotatable bonds is 9. The first-order valence-corrected chi connectivity index (χ1v) is 11.2. The third-order valence-electron chi connectivity index (χ3n) is 4.94. The predicted molar refractivity (Wildman–Crippen MR) is 111 cm³/mol. The van der Waals surface area contributed by atoms with Crippen molar-refractivity contribution in [2.24, 2.45) is 5.92 Å². The van der Waals surface area contributed by atoms with E-state index in [1.807, 2.05) is 18.0 Å². The Balaban J connectivity index is 1.34. The molecule has 1 saturated carbocycles. The summed E-state index contributed by atoms with van der Waals surface area (Å²) in [7, 11) is 0. The van der Waals surface area contributed by atoms with Crippen molar-refractivity contribution in [2.45, 2.75) is 36.8 Å². The number of amides is 1. The van der Waals surface area contributed by atoms with E-state index in [-0.39, 0.29) is 5.91 Å². The molecule has 1 saturated heterocycles. The average Bonchev–Trinajstić information content (AvgIpc) is 3.48. The van der Waals surface area contributed by atoms with Crippen LogP contribution in [0.4, 0.5) is 0 Å². The molecule has 4 nitrogen and oxygen atoms in total. The Hall–Kier alpha value is -0.460. The average molecular weight is 416 g/mol. The molecule has 0 spiro atoms. The molecule has 1 heterocycles. The predicted octanol–water partition coefficient (Wildman–Crippen LogP) is 3.92. The standard InChI is InChI=1S/C19H27Cl2N3OS/c20-12-15-9-16(11-17(21)10-15)19(25)22-13-14-3-6-24(7-4-14)8-5-23-26-18-1-2-18/h9-11,14,18,23H,1-8,12-13H2,(H,22,25). The van der Waals surface area contributed by atoms with Crippen molar-refractivity contribution in [2.75, 3.05) is 32.7 Å². The highest BCUT2D eigenvalue weighted by Gasteiger charge is 2.22. The first-order chi connectivity index (χ1) is 12.6. The molecule has 1 aliphatic carbocycles. The van der Waals surface area contributed by atoms with Crippen LogP contribution in [-0.2, 0) is 5.88 Å². The van der Waals surface area contributed by atoms with E-state index in [9.17, 15) is 4.79 Å². The lowest BCUT2D eigenvalue weighted by atomic mass is 9.96. The molecule has 1 amide bonds. The van der Waals surface area contributed by atoms with Gasteiger partial charge in [-0.25, -0.2) is 0 Å². The lowest BCUT2D eigenvalue weighted by Crippen LogP contribution is -2.40. The summed E-state index contributed by atoms with van der Waals surface area (Å²) in [6.07, 6.45) is 5.02. The molecule has 26 heavy (non-hydrogen) atoms. The number of alkyl halides is 1. The van der Waals surface area contributed by atoms with Gasteiger partial charge < -0.3 is 10.2 Å². The Morgan fingerprint density at radius 3 is 2.65 bits per heavy atom. The van der Waals surface area contributed by atoms with E-state index in [0.717, 1.165) is 56.4 Å². The highest BCUT2D eigenvalue weighted by atomic mass is 35.5. The van der Waals surface area contributed by atoms with Gasteiger partial charge in [0.1, 0.15) is 0 Å². The Kier molecular flexibility index (Phi) is 7.94. The summed E-state index contributed by atoms with van der Waals surface area (Å²) < 4.78 is 3.48. The summed E-state index contributed by atoms with van der Waals surface area (Å²) in [5, 5.41) is 4.48. The maximum Gasteiger partial charge on any atom is 0.251 e. The highest BCUT2D eigenvalue weighted by Crippen LogP contribution is 2.31. The highest BCUT2D eigenvalue weighted by molar-refractivity contribution is 7.98. The summed E-state index contributed by atoms with van der Waals surface area (Å²) in [4.78, 5) is 14.9. The second kappa shape index (κ2) is 10.2. The molecule has 1 aromatic rings. The molecule has 2 aliphatic rings. The van der Waals surface area contributed by atoms with Crippen molar-refractivity contribution in [1.82, 2.24) is 14.9 Å². The molecule has 0 bridgehead atoms. The van der Waals surface area contributed by atoms with E-state index in [0.29, 0.717) is 22.4 Å². The second-order valence-electron chi connectivity index (χ2n) is 7.19. The van der Waals surface area contributed by atoms with Gasteiger partial charge in [0.2, 0.25) is 0 Å². The van der Waals surface area contributed by atoms with E-state index in [1.54, 1.807) is 12.1 Å². The fourth-order valence-corrected chi connectivity index (χ4v) is 4.41. The first-order valence-electron chi connectivity index (χ1n) is 9.38. The Labute approximate surface area is 170 Å². The van der Waals surface area contributed by atoms with Gasteiger partial charge in [-0.2, -0.15) is 0 Å². The monoisotopic (exact) mass is 415 g/mol. The molecule has 0 radical (unpaired) electrons. The number of carbonyl (C=O) groups excluding carboxylic acids is 1. The molecule has 1 aliphatic heterocycles. The van der Waals surface area contributed by atoms with Gasteiger partial charge in [-0.3, -0.25) is 9.52 Å². The van der Waals surface area contributed by atoms with E-state index in [2.05, 4.69) is 14.9 Å². The number of carbonyl (C=O) groups is 1. The Morgan fingerprint density at radius 1 is 1.19 bits per heavy atom. The zero-order chi connectivity index (χ0) is 18.4. The number of nitrogens with one attached hydrogen (secondary N) is 2. The molecule has 2 N–H and O–H groups in total. The molecule has 0 unspecified atom stereocenters. The normalized spacial score (nSPS) is 18.8. The lowest BCUT2D eigenvalue weighted by Gasteiger charge is -2.32. The van der Waals surface area contributed by atoms with Crippen LogP contribution in [0.5, 0.6) is 0 Å². The van der Waals surface area contributed by atoms with Crippen LogP contribution >= 0.6 is 35.1 Å². The van der Waals surface area contributed by atoms with Crippen LogP contribution in [0.15, 0.2) is 18.2 Å². The van der Waals surface area contributed by atoms with Gasteiger partial charge in [0.25, 0.3) is 5.91 Å². The smallest absolute Gasteiger partial charge is 0.251 e. The van der Waals surface area contributed by atoms with Crippen LogP contribution < -0.4 is 10.0 Å². The molecule has 1 aromatic carbocycles. The SMILES string of the molecule is O=C(NCC1CCN(CCNSC2CC2)CC1)c1cc(Cl)cc(CCl)c1. The molecular formula is C19H27Cl2N3OS. The van der Waals surface area contributed by atoms with Gasteiger partial charge in [-0.05, 0) is 68.5 Å². The van der Waals surface area contributed by atoms with Gasteiger partial charge >= 0.3 is 0 Å². The minimum Gasteiger partial charge on any atom is -0.352 e. The van der Waals surface area contributed by atoms with Gasteiger partial charge in [0, 0.05) is 41.4 Å². The van der Waals surface area contributed by atoms with Crippen LogP contribution in [0.2, 0.25) is 5.02 Å². The number of hydrogen-bond donors (Lipinski definition) is 2. The number of piperidine rings is 1. The Morgan fingerprint density at radius 2 is 1.96 bits per heavy atom. The van der Waals surface area contributed by atoms with E-state index < -0.39 is 0 Å². The molecule has 0 aromatic heterocycles. The minimum absolute atomic E-state index is 0.0670. The lowest BCUT2D eigenvalue weighted by molar-refractivity contribution is 0.0936. The number of nitrogens with zero attached hydrogens (tertiary/aromatic N) is 1. The summed E-state index contributed by atoms with van der Waals surface area (Å²) in [5.74, 6) is 0.839. The van der Waals surface area contributed by atoms with Gasteiger partial charge in [-0.1, -0.05) is 23.5 Å². The molecule has 3 rings (SSSR count). The van der Waals surface area contributed by atoms with Crippen molar-refractivity contribution < 1.29 is 4.79 Å². The largest absolute Gasteiger partial charge is 0.352 e.